The first-order valence-electron chi connectivity index (χ1n) is 7.28. The van der Waals surface area contributed by atoms with Crippen LogP contribution >= 0.6 is 0 Å². The van der Waals surface area contributed by atoms with Gasteiger partial charge >= 0.3 is 5.97 Å². The van der Waals surface area contributed by atoms with Crippen LogP contribution in [0.4, 0.5) is 5.82 Å². The molecule has 1 saturated carbocycles. The lowest BCUT2D eigenvalue weighted by molar-refractivity contribution is -0.137. The summed E-state index contributed by atoms with van der Waals surface area (Å²) in [5.41, 5.74) is 1.85. The number of carbonyl (C=O) groups excluding carboxylic acids is 1. The van der Waals surface area contributed by atoms with E-state index in [2.05, 4.69) is 10.4 Å². The molecule has 1 aliphatic rings. The third-order valence-corrected chi connectivity index (χ3v) is 3.93. The number of amides is 1. The maximum absolute atomic E-state index is 12.1. The zero-order valence-corrected chi connectivity index (χ0v) is 12.0. The van der Waals surface area contributed by atoms with E-state index in [0.29, 0.717) is 17.3 Å². The molecule has 1 heterocycles. The van der Waals surface area contributed by atoms with Crippen LogP contribution in [0.1, 0.15) is 41.1 Å². The van der Waals surface area contributed by atoms with Crippen LogP contribution in [0.15, 0.2) is 36.5 Å². The van der Waals surface area contributed by atoms with Gasteiger partial charge in [-0.3, -0.25) is 14.3 Å². The van der Waals surface area contributed by atoms with Crippen molar-refractivity contribution in [3.63, 3.8) is 0 Å². The standard InChI is InChI=1S/C16H17N3O3/c20-15(21)10-19-9-8-14(18-19)17-16(22)13-6-4-12(5-7-13)11-2-1-3-11/h4-9,11H,1-3,10H2,(H,20,21)(H,17,18,22). The predicted molar refractivity (Wildman–Crippen MR) is 80.9 cm³/mol. The molecule has 0 radical (unpaired) electrons. The molecule has 6 heteroatoms. The molecule has 0 aliphatic heterocycles. The molecule has 0 atom stereocenters. The Morgan fingerprint density at radius 2 is 1.95 bits per heavy atom. The van der Waals surface area contributed by atoms with Gasteiger partial charge in [-0.2, -0.15) is 5.10 Å². The average Bonchev–Trinajstić information content (AvgIpc) is 2.84. The summed E-state index contributed by atoms with van der Waals surface area (Å²) in [5.74, 6) is -0.244. The lowest BCUT2D eigenvalue weighted by Gasteiger charge is -2.25. The largest absolute Gasteiger partial charge is 0.480 e. The number of carboxylic acid groups (broad SMARTS) is 1. The highest BCUT2D eigenvalue weighted by atomic mass is 16.4. The summed E-state index contributed by atoms with van der Waals surface area (Å²) in [5, 5.41) is 15.3. The monoisotopic (exact) mass is 299 g/mol. The molecule has 1 fully saturated rings. The highest BCUT2D eigenvalue weighted by molar-refractivity contribution is 6.03. The van der Waals surface area contributed by atoms with Crippen LogP contribution in [0.2, 0.25) is 0 Å². The normalized spacial score (nSPS) is 14.4. The number of carboxylic acids is 1. The second-order valence-corrected chi connectivity index (χ2v) is 5.50. The van der Waals surface area contributed by atoms with Crippen LogP contribution in [0.3, 0.4) is 0 Å². The van der Waals surface area contributed by atoms with Gasteiger partial charge in [0.2, 0.25) is 0 Å². The fourth-order valence-corrected chi connectivity index (χ4v) is 2.49. The number of nitrogens with one attached hydrogen (secondary N) is 1. The van der Waals surface area contributed by atoms with Crippen LogP contribution in [-0.2, 0) is 11.3 Å². The minimum absolute atomic E-state index is 0.230. The Labute approximate surface area is 127 Å². The van der Waals surface area contributed by atoms with Crippen LogP contribution < -0.4 is 5.32 Å². The lowest BCUT2D eigenvalue weighted by atomic mass is 9.80. The molecule has 1 aromatic heterocycles. The number of aliphatic carboxylic acids is 1. The number of benzene rings is 1. The van der Waals surface area contributed by atoms with Crippen LogP contribution in [0.5, 0.6) is 0 Å². The summed E-state index contributed by atoms with van der Waals surface area (Å²) in [6.45, 7) is -0.230. The summed E-state index contributed by atoms with van der Waals surface area (Å²) >= 11 is 0. The number of aromatic nitrogens is 2. The first-order chi connectivity index (χ1) is 10.6. The number of rotatable bonds is 5. The third-order valence-electron chi connectivity index (χ3n) is 3.93. The van der Waals surface area contributed by atoms with Gasteiger partial charge in [0, 0.05) is 17.8 Å². The quantitative estimate of drug-likeness (QED) is 0.888. The molecule has 114 valence electrons. The first-order valence-corrected chi connectivity index (χ1v) is 7.28. The Balaban J connectivity index is 1.63. The SMILES string of the molecule is O=C(O)Cn1ccc(NC(=O)c2ccc(C3CCC3)cc2)n1. The van der Waals surface area contributed by atoms with E-state index in [4.69, 9.17) is 5.11 Å². The molecule has 0 bridgehead atoms. The average molecular weight is 299 g/mol. The Morgan fingerprint density at radius 3 is 2.55 bits per heavy atom. The number of carbonyl (C=O) groups is 2. The number of nitrogens with zero attached hydrogens (tertiary/aromatic N) is 2. The Morgan fingerprint density at radius 1 is 1.23 bits per heavy atom. The van der Waals surface area contributed by atoms with Crippen molar-refractivity contribution in [1.29, 1.82) is 0 Å². The number of hydrogen-bond donors (Lipinski definition) is 2. The van der Waals surface area contributed by atoms with Crippen molar-refractivity contribution in [3.8, 4) is 0 Å². The van der Waals surface area contributed by atoms with Crippen molar-refractivity contribution >= 4 is 17.7 Å². The van der Waals surface area contributed by atoms with Crippen molar-refractivity contribution in [2.24, 2.45) is 0 Å². The lowest BCUT2D eigenvalue weighted by Crippen LogP contribution is -2.14. The molecule has 0 spiro atoms. The molecule has 0 saturated heterocycles. The molecular weight excluding hydrogens is 282 g/mol. The Hall–Kier alpha value is -2.63. The molecule has 3 rings (SSSR count). The van der Waals surface area contributed by atoms with Crippen LogP contribution in [-0.4, -0.2) is 26.8 Å². The molecule has 1 aliphatic carbocycles. The zero-order chi connectivity index (χ0) is 15.5. The molecule has 1 aromatic carbocycles. The van der Waals surface area contributed by atoms with Gasteiger partial charge in [0.15, 0.2) is 5.82 Å². The van der Waals surface area contributed by atoms with Crippen molar-refractivity contribution in [1.82, 2.24) is 9.78 Å². The molecule has 22 heavy (non-hydrogen) atoms. The van der Waals surface area contributed by atoms with Gasteiger partial charge in [-0.25, -0.2) is 0 Å². The fourth-order valence-electron chi connectivity index (χ4n) is 2.49. The van der Waals surface area contributed by atoms with Gasteiger partial charge in [0.25, 0.3) is 5.91 Å². The molecule has 6 nitrogen and oxygen atoms in total. The van der Waals surface area contributed by atoms with E-state index in [1.807, 2.05) is 24.3 Å². The van der Waals surface area contributed by atoms with E-state index in [-0.39, 0.29) is 12.5 Å². The van der Waals surface area contributed by atoms with E-state index < -0.39 is 5.97 Å². The molecule has 2 aromatic rings. The van der Waals surface area contributed by atoms with Gasteiger partial charge in [-0.05, 0) is 36.5 Å². The molecular formula is C16H17N3O3. The molecule has 1 amide bonds. The Kier molecular flexibility index (Phi) is 3.91. The highest BCUT2D eigenvalue weighted by Gasteiger charge is 2.19. The summed E-state index contributed by atoms with van der Waals surface area (Å²) < 4.78 is 1.26. The van der Waals surface area contributed by atoms with Gasteiger partial charge in [-0.1, -0.05) is 18.6 Å². The fraction of sp³-hybridized carbons (Fsp3) is 0.312. The maximum atomic E-state index is 12.1. The van der Waals surface area contributed by atoms with Gasteiger partial charge in [-0.15, -0.1) is 0 Å². The minimum atomic E-state index is -0.979. The second-order valence-electron chi connectivity index (χ2n) is 5.50. The van der Waals surface area contributed by atoms with Crippen molar-refractivity contribution in [3.05, 3.63) is 47.7 Å². The van der Waals surface area contributed by atoms with E-state index in [1.165, 1.54) is 35.7 Å². The maximum Gasteiger partial charge on any atom is 0.325 e. The predicted octanol–water partition coefficient (Wildman–Crippen LogP) is 2.49. The van der Waals surface area contributed by atoms with Crippen LogP contribution in [0.25, 0.3) is 0 Å². The molecule has 2 N–H and O–H groups in total. The zero-order valence-electron chi connectivity index (χ0n) is 12.0. The minimum Gasteiger partial charge on any atom is -0.480 e. The van der Waals surface area contributed by atoms with Crippen molar-refractivity contribution < 1.29 is 14.7 Å². The second kappa shape index (κ2) is 6.01. The van der Waals surface area contributed by atoms with Gasteiger partial charge in [0.05, 0.1) is 0 Å². The van der Waals surface area contributed by atoms with E-state index in [9.17, 15) is 9.59 Å². The first kappa shape index (κ1) is 14.3. The van der Waals surface area contributed by atoms with Gasteiger partial charge < -0.3 is 10.4 Å². The highest BCUT2D eigenvalue weighted by Crippen LogP contribution is 2.36. The van der Waals surface area contributed by atoms with Crippen molar-refractivity contribution in [2.45, 2.75) is 31.7 Å². The van der Waals surface area contributed by atoms with Crippen molar-refractivity contribution in [2.75, 3.05) is 5.32 Å². The summed E-state index contributed by atoms with van der Waals surface area (Å²) in [6.07, 6.45) is 5.26. The summed E-state index contributed by atoms with van der Waals surface area (Å²) in [4.78, 5) is 22.7. The summed E-state index contributed by atoms with van der Waals surface area (Å²) in [6, 6.07) is 9.21. The Bertz CT molecular complexity index is 687. The number of hydrogen-bond acceptors (Lipinski definition) is 3. The summed E-state index contributed by atoms with van der Waals surface area (Å²) in [7, 11) is 0. The van der Waals surface area contributed by atoms with E-state index >= 15 is 0 Å². The smallest absolute Gasteiger partial charge is 0.325 e. The topological polar surface area (TPSA) is 84.2 Å². The number of anilines is 1. The molecule has 0 unspecified atom stereocenters. The van der Waals surface area contributed by atoms with Gasteiger partial charge in [0.1, 0.15) is 6.54 Å². The third kappa shape index (κ3) is 3.16. The van der Waals surface area contributed by atoms with E-state index in [1.54, 1.807) is 6.07 Å². The van der Waals surface area contributed by atoms with E-state index in [0.717, 1.165) is 0 Å². The van der Waals surface area contributed by atoms with Crippen LogP contribution in [0, 0.1) is 0 Å².